The predicted octanol–water partition coefficient (Wildman–Crippen LogP) is 13.5. The van der Waals surface area contributed by atoms with Gasteiger partial charge in [0.1, 0.15) is 11.5 Å². The molecule has 0 aliphatic carbocycles. The van der Waals surface area contributed by atoms with Crippen molar-refractivity contribution in [2.75, 3.05) is 23.9 Å². The zero-order chi connectivity index (χ0) is 29.8. The van der Waals surface area contributed by atoms with Gasteiger partial charge >= 0.3 is 0 Å². The second-order valence-electron chi connectivity index (χ2n) is 11.3. The third-order valence-corrected chi connectivity index (χ3v) is 8.67. The Hall–Kier alpha value is -1.40. The van der Waals surface area contributed by atoms with Crippen molar-refractivity contribution >= 4 is 43.2 Å². The van der Waals surface area contributed by atoms with Crippen molar-refractivity contribution in [3.8, 4) is 11.5 Å². The molecule has 0 saturated heterocycles. The molecule has 2 aromatic carbocycles. The van der Waals surface area contributed by atoms with Crippen LogP contribution in [0.3, 0.4) is 0 Å². The molecule has 0 saturated carbocycles. The average molecular weight is 709 g/mol. The van der Waals surface area contributed by atoms with Crippen LogP contribution in [0.15, 0.2) is 58.8 Å². The lowest BCUT2D eigenvalue weighted by Gasteiger charge is -2.07. The molecule has 236 valence electrons. The van der Waals surface area contributed by atoms with E-state index < -0.39 is 0 Å². The lowest BCUT2D eigenvalue weighted by atomic mass is 10.1. The molecule has 0 fully saturated rings. The van der Waals surface area contributed by atoms with E-state index in [1.54, 1.807) is 0 Å². The largest absolute Gasteiger partial charge is 0.494 e. The minimum absolute atomic E-state index is 0.778. The first-order chi connectivity index (χ1) is 20.8. The summed E-state index contributed by atoms with van der Waals surface area (Å²) in [6, 6.07) is 15.8. The van der Waals surface area contributed by atoms with E-state index in [1.807, 2.05) is 48.5 Å². The van der Waals surface area contributed by atoms with Crippen LogP contribution in [0.1, 0.15) is 128 Å². The molecule has 6 heteroatoms. The van der Waals surface area contributed by atoms with Gasteiger partial charge in [-0.2, -0.15) is 10.2 Å². The summed E-state index contributed by atoms with van der Waals surface area (Å²) < 4.78 is 11.8. The molecule has 42 heavy (non-hydrogen) atoms. The smallest absolute Gasteiger partial charge is 0.119 e. The zero-order valence-corrected chi connectivity index (χ0v) is 29.2. The number of benzene rings is 2. The fraction of sp³-hybridized carbons (Fsp3) is 0.667. The van der Waals surface area contributed by atoms with Crippen LogP contribution in [0.5, 0.6) is 11.5 Å². The average Bonchev–Trinajstić information content (AvgIpc) is 3.02. The number of hydrogen-bond acceptors (Lipinski definition) is 4. The monoisotopic (exact) mass is 706 g/mol. The number of unbranched alkanes of at least 4 members (excludes halogenated alkanes) is 18. The Morgan fingerprint density at radius 2 is 0.619 bits per heavy atom. The van der Waals surface area contributed by atoms with Crippen LogP contribution in [0.25, 0.3) is 0 Å². The van der Waals surface area contributed by atoms with Crippen LogP contribution in [0.4, 0.5) is 11.4 Å². The highest BCUT2D eigenvalue weighted by atomic mass is 79.9. The number of azo groups is 1. The number of ether oxygens (including phenoxy) is 2. The molecule has 0 N–H and O–H groups in total. The molecular weight excluding hydrogens is 652 g/mol. The minimum atomic E-state index is 0.778. The molecule has 2 aromatic rings. The Morgan fingerprint density at radius 1 is 0.357 bits per heavy atom. The van der Waals surface area contributed by atoms with E-state index in [-0.39, 0.29) is 0 Å². The summed E-state index contributed by atoms with van der Waals surface area (Å²) in [5.74, 6) is 1.80. The first-order valence-electron chi connectivity index (χ1n) is 16.8. The zero-order valence-electron chi connectivity index (χ0n) is 26.1. The fourth-order valence-electron chi connectivity index (χ4n) is 4.94. The van der Waals surface area contributed by atoms with Crippen molar-refractivity contribution in [1.29, 1.82) is 0 Å². The van der Waals surface area contributed by atoms with Crippen molar-refractivity contribution < 1.29 is 9.47 Å². The van der Waals surface area contributed by atoms with Gasteiger partial charge in [0.15, 0.2) is 0 Å². The van der Waals surface area contributed by atoms with Gasteiger partial charge in [-0.05, 0) is 74.2 Å². The number of rotatable bonds is 28. The third-order valence-electron chi connectivity index (χ3n) is 7.55. The van der Waals surface area contributed by atoms with Gasteiger partial charge in [-0.1, -0.05) is 135 Å². The van der Waals surface area contributed by atoms with Gasteiger partial charge in [-0.3, -0.25) is 0 Å². The molecule has 0 aliphatic heterocycles. The Labute approximate surface area is 274 Å². The summed E-state index contributed by atoms with van der Waals surface area (Å²) >= 11 is 7.00. The molecule has 0 amide bonds. The van der Waals surface area contributed by atoms with E-state index >= 15 is 0 Å². The maximum absolute atomic E-state index is 5.91. The Morgan fingerprint density at radius 3 is 0.905 bits per heavy atom. The van der Waals surface area contributed by atoms with Gasteiger partial charge in [0.25, 0.3) is 0 Å². The molecular formula is C36H56Br2N2O2. The lowest BCUT2D eigenvalue weighted by Crippen LogP contribution is -1.97. The standard InChI is InChI=1S/C36H56Br2N2O2/c37-29-17-13-9-5-1-3-7-11-15-19-31-41-35-25-21-33(22-26-35)39-40-34-23-27-36(28-24-34)42-32-20-16-12-8-4-2-6-10-14-18-30-38/h21-28H,1-20,29-32H2. The van der Waals surface area contributed by atoms with Crippen molar-refractivity contribution in [2.45, 2.75) is 128 Å². The van der Waals surface area contributed by atoms with Gasteiger partial charge in [-0.15, -0.1) is 0 Å². The van der Waals surface area contributed by atoms with E-state index in [9.17, 15) is 0 Å². The first kappa shape index (κ1) is 36.8. The molecule has 0 bridgehead atoms. The summed E-state index contributed by atoms with van der Waals surface area (Å²) in [6.07, 6.45) is 26.5. The van der Waals surface area contributed by atoms with E-state index in [2.05, 4.69) is 42.1 Å². The minimum Gasteiger partial charge on any atom is -0.494 e. The van der Waals surface area contributed by atoms with Gasteiger partial charge in [-0.25, -0.2) is 0 Å². The Bertz CT molecular complexity index is 817. The lowest BCUT2D eigenvalue weighted by molar-refractivity contribution is 0.304. The maximum Gasteiger partial charge on any atom is 0.119 e. The number of hydrogen-bond donors (Lipinski definition) is 0. The molecule has 0 spiro atoms. The fourth-order valence-corrected chi connectivity index (χ4v) is 5.73. The van der Waals surface area contributed by atoms with Crippen LogP contribution in [-0.2, 0) is 0 Å². The van der Waals surface area contributed by atoms with Crippen molar-refractivity contribution in [1.82, 2.24) is 0 Å². The van der Waals surface area contributed by atoms with Crippen molar-refractivity contribution in [3.05, 3.63) is 48.5 Å². The maximum atomic E-state index is 5.91. The van der Waals surface area contributed by atoms with E-state index in [1.165, 1.54) is 116 Å². The van der Waals surface area contributed by atoms with Crippen LogP contribution >= 0.6 is 31.9 Å². The van der Waals surface area contributed by atoms with Crippen LogP contribution < -0.4 is 9.47 Å². The highest BCUT2D eigenvalue weighted by Crippen LogP contribution is 2.23. The van der Waals surface area contributed by atoms with Gasteiger partial charge < -0.3 is 9.47 Å². The first-order valence-corrected chi connectivity index (χ1v) is 19.1. The summed E-state index contributed by atoms with van der Waals surface area (Å²) in [6.45, 7) is 1.56. The molecule has 4 nitrogen and oxygen atoms in total. The molecule has 0 aromatic heterocycles. The van der Waals surface area contributed by atoms with Crippen molar-refractivity contribution in [2.24, 2.45) is 10.2 Å². The normalized spacial score (nSPS) is 11.4. The Kier molecular flexibility index (Phi) is 23.8. The summed E-state index contributed by atoms with van der Waals surface area (Å²) in [5, 5.41) is 11.0. The predicted molar refractivity (Wildman–Crippen MR) is 188 cm³/mol. The molecule has 0 aliphatic rings. The summed E-state index contributed by atoms with van der Waals surface area (Å²) in [4.78, 5) is 0. The van der Waals surface area contributed by atoms with Gasteiger partial charge in [0, 0.05) is 10.7 Å². The summed E-state index contributed by atoms with van der Waals surface area (Å²) in [5.41, 5.74) is 1.65. The van der Waals surface area contributed by atoms with E-state index in [4.69, 9.17) is 9.47 Å². The SMILES string of the molecule is BrCCCCCCCCCCCCOc1ccc(N=Nc2ccc(OCCCCCCCCCCCCBr)cc2)cc1. The topological polar surface area (TPSA) is 43.2 Å². The van der Waals surface area contributed by atoms with Crippen LogP contribution in [0.2, 0.25) is 0 Å². The quantitative estimate of drug-likeness (QED) is 0.0502. The summed E-state index contributed by atoms with van der Waals surface area (Å²) in [7, 11) is 0. The van der Waals surface area contributed by atoms with E-state index in [0.717, 1.165) is 59.6 Å². The number of halogens is 2. The number of nitrogens with zero attached hydrogens (tertiary/aromatic N) is 2. The van der Waals surface area contributed by atoms with Gasteiger partial charge in [0.05, 0.1) is 24.6 Å². The van der Waals surface area contributed by atoms with Crippen LogP contribution in [-0.4, -0.2) is 23.9 Å². The van der Waals surface area contributed by atoms with Gasteiger partial charge in [0.2, 0.25) is 0 Å². The second-order valence-corrected chi connectivity index (χ2v) is 12.9. The molecule has 0 unspecified atom stereocenters. The van der Waals surface area contributed by atoms with Crippen LogP contribution in [0, 0.1) is 0 Å². The molecule has 0 radical (unpaired) electrons. The highest BCUT2D eigenvalue weighted by molar-refractivity contribution is 9.09. The second kappa shape index (κ2) is 27.2. The number of alkyl halides is 2. The third kappa shape index (κ3) is 20.5. The highest BCUT2D eigenvalue weighted by Gasteiger charge is 1.99. The Balaban J connectivity index is 1.48. The molecule has 2 rings (SSSR count). The van der Waals surface area contributed by atoms with Crippen molar-refractivity contribution in [3.63, 3.8) is 0 Å². The molecule has 0 atom stereocenters. The molecule has 0 heterocycles. The van der Waals surface area contributed by atoms with E-state index in [0.29, 0.717) is 0 Å².